The molecular formula is C10H15Cl3N2. The van der Waals surface area contributed by atoms with Gasteiger partial charge in [0.25, 0.3) is 0 Å². The van der Waals surface area contributed by atoms with E-state index in [-0.39, 0.29) is 30.4 Å². The molecule has 1 aromatic rings. The summed E-state index contributed by atoms with van der Waals surface area (Å²) in [4.78, 5) is 4.03. The first-order valence-corrected chi connectivity index (χ1v) is 4.95. The summed E-state index contributed by atoms with van der Waals surface area (Å²) >= 11 is 5.69. The summed E-state index contributed by atoms with van der Waals surface area (Å²) in [6, 6.07) is 3.82. The van der Waals surface area contributed by atoms with Crippen LogP contribution in [0.2, 0.25) is 5.15 Å². The Bertz CT molecular complexity index is 296. The van der Waals surface area contributed by atoms with Crippen LogP contribution in [-0.4, -0.2) is 10.5 Å². The van der Waals surface area contributed by atoms with Gasteiger partial charge in [-0.25, -0.2) is 4.98 Å². The van der Waals surface area contributed by atoms with Crippen LogP contribution in [-0.2, 0) is 6.42 Å². The fourth-order valence-electron chi connectivity index (χ4n) is 1.73. The largest absolute Gasteiger partial charge is 0.325 e. The molecule has 0 atom stereocenters. The van der Waals surface area contributed by atoms with E-state index in [2.05, 4.69) is 4.98 Å². The number of nitrogens with zero attached hydrogens (tertiary/aromatic N) is 1. The van der Waals surface area contributed by atoms with Gasteiger partial charge in [0, 0.05) is 11.7 Å². The molecule has 0 amide bonds. The smallest absolute Gasteiger partial charge is 0.129 e. The van der Waals surface area contributed by atoms with Crippen molar-refractivity contribution in [3.8, 4) is 0 Å². The molecule has 0 bridgehead atoms. The maximum absolute atomic E-state index is 6.11. The molecule has 2 rings (SSSR count). The van der Waals surface area contributed by atoms with Gasteiger partial charge in [-0.05, 0) is 37.3 Å². The molecule has 0 radical (unpaired) electrons. The lowest BCUT2D eigenvalue weighted by atomic mass is 9.74. The predicted molar refractivity (Wildman–Crippen MR) is 68.2 cm³/mol. The van der Waals surface area contributed by atoms with Crippen LogP contribution in [0.5, 0.6) is 0 Å². The molecule has 1 fully saturated rings. The van der Waals surface area contributed by atoms with Gasteiger partial charge in [-0.15, -0.1) is 24.8 Å². The molecule has 0 aliphatic heterocycles. The standard InChI is InChI=1S/C10H13ClN2.2ClH/c11-9-3-2-8(7-13-9)6-10(12)4-1-5-10;;/h2-3,7H,1,4-6,12H2;2*1H. The van der Waals surface area contributed by atoms with Gasteiger partial charge in [-0.1, -0.05) is 17.7 Å². The van der Waals surface area contributed by atoms with Crippen molar-refractivity contribution in [3.05, 3.63) is 29.0 Å². The summed E-state index contributed by atoms with van der Waals surface area (Å²) in [6.45, 7) is 0. The SMILES string of the molecule is Cl.Cl.NC1(Cc2ccc(Cl)nc2)CCC1. The predicted octanol–water partition coefficient (Wildman–Crippen LogP) is 3.00. The average Bonchev–Trinajstić information content (AvgIpc) is 2.06. The van der Waals surface area contributed by atoms with Gasteiger partial charge < -0.3 is 5.73 Å². The minimum Gasteiger partial charge on any atom is -0.325 e. The summed E-state index contributed by atoms with van der Waals surface area (Å²) in [5.74, 6) is 0. The van der Waals surface area contributed by atoms with E-state index >= 15 is 0 Å². The summed E-state index contributed by atoms with van der Waals surface area (Å²) in [5.41, 5.74) is 7.34. The molecule has 0 aromatic carbocycles. The number of rotatable bonds is 2. The maximum Gasteiger partial charge on any atom is 0.129 e. The van der Waals surface area contributed by atoms with E-state index in [1.54, 1.807) is 0 Å². The van der Waals surface area contributed by atoms with Crippen molar-refractivity contribution >= 4 is 36.4 Å². The molecule has 2 nitrogen and oxygen atoms in total. The van der Waals surface area contributed by atoms with Crippen LogP contribution in [0.15, 0.2) is 18.3 Å². The van der Waals surface area contributed by atoms with Crippen molar-refractivity contribution in [2.24, 2.45) is 5.73 Å². The van der Waals surface area contributed by atoms with Crippen molar-refractivity contribution in [2.75, 3.05) is 0 Å². The van der Waals surface area contributed by atoms with Gasteiger partial charge >= 0.3 is 0 Å². The third-order valence-electron chi connectivity index (χ3n) is 2.69. The lowest BCUT2D eigenvalue weighted by Gasteiger charge is -2.38. The Morgan fingerprint density at radius 1 is 1.33 bits per heavy atom. The number of hydrogen-bond donors (Lipinski definition) is 1. The van der Waals surface area contributed by atoms with Crippen LogP contribution in [0.25, 0.3) is 0 Å². The summed E-state index contributed by atoms with van der Waals surface area (Å²) in [5, 5.41) is 0.545. The van der Waals surface area contributed by atoms with E-state index in [0.717, 1.165) is 19.3 Å². The van der Waals surface area contributed by atoms with Crippen LogP contribution in [0, 0.1) is 0 Å². The molecule has 1 saturated carbocycles. The number of halogens is 3. The Labute approximate surface area is 107 Å². The highest BCUT2D eigenvalue weighted by Crippen LogP contribution is 2.32. The molecule has 0 unspecified atom stereocenters. The van der Waals surface area contributed by atoms with Crippen LogP contribution in [0.3, 0.4) is 0 Å². The first kappa shape index (κ1) is 15.0. The molecule has 5 heteroatoms. The van der Waals surface area contributed by atoms with Crippen molar-refractivity contribution in [1.82, 2.24) is 4.98 Å². The Morgan fingerprint density at radius 2 is 2.00 bits per heavy atom. The fraction of sp³-hybridized carbons (Fsp3) is 0.500. The molecule has 0 saturated heterocycles. The van der Waals surface area contributed by atoms with Gasteiger partial charge in [-0.2, -0.15) is 0 Å². The topological polar surface area (TPSA) is 38.9 Å². The van der Waals surface area contributed by atoms with Crippen molar-refractivity contribution in [3.63, 3.8) is 0 Å². The first-order chi connectivity index (χ1) is 6.18. The monoisotopic (exact) mass is 268 g/mol. The third kappa shape index (κ3) is 3.80. The number of nitrogens with two attached hydrogens (primary N) is 1. The van der Waals surface area contributed by atoms with E-state index in [1.165, 1.54) is 12.0 Å². The maximum atomic E-state index is 6.11. The van der Waals surface area contributed by atoms with Gasteiger partial charge in [0.05, 0.1) is 0 Å². The molecule has 1 aromatic heterocycles. The second-order valence-corrected chi connectivity index (χ2v) is 4.27. The second-order valence-electron chi connectivity index (χ2n) is 3.88. The Balaban J connectivity index is 0.000000980. The van der Waals surface area contributed by atoms with Gasteiger partial charge in [-0.3, -0.25) is 0 Å². The van der Waals surface area contributed by atoms with Crippen LogP contribution in [0.4, 0.5) is 0 Å². The molecule has 0 spiro atoms. The van der Waals surface area contributed by atoms with Crippen molar-refractivity contribution in [1.29, 1.82) is 0 Å². The third-order valence-corrected chi connectivity index (χ3v) is 2.92. The van der Waals surface area contributed by atoms with E-state index < -0.39 is 0 Å². The Morgan fingerprint density at radius 3 is 2.40 bits per heavy atom. The normalized spacial score (nSPS) is 16.9. The zero-order valence-electron chi connectivity index (χ0n) is 8.28. The number of aromatic nitrogens is 1. The summed E-state index contributed by atoms with van der Waals surface area (Å²) < 4.78 is 0. The highest BCUT2D eigenvalue weighted by molar-refractivity contribution is 6.29. The molecule has 86 valence electrons. The van der Waals surface area contributed by atoms with Crippen LogP contribution >= 0.6 is 36.4 Å². The molecule has 2 N–H and O–H groups in total. The fourth-order valence-corrected chi connectivity index (χ4v) is 1.84. The van der Waals surface area contributed by atoms with Gasteiger partial charge in [0.2, 0.25) is 0 Å². The molecular weight excluding hydrogens is 254 g/mol. The van der Waals surface area contributed by atoms with Gasteiger partial charge in [0.1, 0.15) is 5.15 Å². The lowest BCUT2D eigenvalue weighted by molar-refractivity contribution is 0.247. The van der Waals surface area contributed by atoms with E-state index in [0.29, 0.717) is 5.15 Å². The summed E-state index contributed by atoms with van der Waals surface area (Å²) in [6.07, 6.45) is 6.27. The molecule has 1 heterocycles. The molecule has 1 aliphatic carbocycles. The second kappa shape index (κ2) is 5.90. The number of pyridine rings is 1. The zero-order chi connectivity index (χ0) is 9.31. The molecule has 1 aliphatic rings. The Hall–Kier alpha value is -0.0200. The highest BCUT2D eigenvalue weighted by Gasteiger charge is 2.32. The molecule has 15 heavy (non-hydrogen) atoms. The number of hydrogen-bond acceptors (Lipinski definition) is 2. The van der Waals surface area contributed by atoms with Crippen LogP contribution in [0.1, 0.15) is 24.8 Å². The van der Waals surface area contributed by atoms with E-state index in [9.17, 15) is 0 Å². The summed E-state index contributed by atoms with van der Waals surface area (Å²) in [7, 11) is 0. The Kier molecular flexibility index (Phi) is 5.89. The lowest BCUT2D eigenvalue weighted by Crippen LogP contribution is -2.48. The van der Waals surface area contributed by atoms with Crippen molar-refractivity contribution in [2.45, 2.75) is 31.2 Å². The zero-order valence-corrected chi connectivity index (χ0v) is 10.7. The first-order valence-electron chi connectivity index (χ1n) is 4.57. The minimum atomic E-state index is 0. The highest BCUT2D eigenvalue weighted by atomic mass is 35.5. The van der Waals surface area contributed by atoms with Crippen LogP contribution < -0.4 is 5.73 Å². The average molecular weight is 270 g/mol. The van der Waals surface area contributed by atoms with E-state index in [1.807, 2.05) is 18.3 Å². The van der Waals surface area contributed by atoms with Crippen molar-refractivity contribution < 1.29 is 0 Å². The van der Waals surface area contributed by atoms with Gasteiger partial charge in [0.15, 0.2) is 0 Å². The minimum absolute atomic E-state index is 0. The quantitative estimate of drug-likeness (QED) is 0.838. The van der Waals surface area contributed by atoms with E-state index in [4.69, 9.17) is 17.3 Å².